The van der Waals surface area contributed by atoms with Crippen LogP contribution in [0.25, 0.3) is 0 Å². The Balaban J connectivity index is 3.93. The predicted octanol–water partition coefficient (Wildman–Crippen LogP) is 1.87. The molecule has 0 aromatic heterocycles. The van der Waals surface area contributed by atoms with Crippen LogP contribution in [0.15, 0.2) is 0 Å². The lowest BCUT2D eigenvalue weighted by Crippen LogP contribution is -2.32. The maximum absolute atomic E-state index is 3.29. The fourth-order valence-electron chi connectivity index (χ4n) is 2.03. The zero-order chi connectivity index (χ0) is 10.3. The van der Waals surface area contributed by atoms with Crippen LogP contribution in [0.3, 0.4) is 0 Å². The fraction of sp³-hybridized carbons (Fsp3) is 1.00. The second-order valence-electron chi connectivity index (χ2n) is 4.56. The third-order valence-corrected chi connectivity index (χ3v) is 2.85. The monoisotopic (exact) mass is 186 g/mol. The molecule has 2 atom stereocenters. The third-order valence-electron chi connectivity index (χ3n) is 2.85. The molecule has 0 rings (SSSR count). The summed E-state index contributed by atoms with van der Waals surface area (Å²) in [6.07, 6.45) is 2.55. The van der Waals surface area contributed by atoms with Crippen LogP contribution < -0.4 is 10.6 Å². The average molecular weight is 186 g/mol. The van der Waals surface area contributed by atoms with E-state index in [2.05, 4.69) is 31.4 Å². The Labute approximate surface area is 83.5 Å². The highest BCUT2D eigenvalue weighted by atomic mass is 14.8. The van der Waals surface area contributed by atoms with Gasteiger partial charge in [0.1, 0.15) is 0 Å². The van der Waals surface area contributed by atoms with Gasteiger partial charge in [0.05, 0.1) is 0 Å². The molecule has 0 amide bonds. The SMILES string of the molecule is CCC(C)(CNC)CC(C)CNC. The molecule has 80 valence electrons. The topological polar surface area (TPSA) is 24.1 Å². The van der Waals surface area contributed by atoms with Crippen molar-refractivity contribution in [2.24, 2.45) is 11.3 Å². The second kappa shape index (κ2) is 6.39. The van der Waals surface area contributed by atoms with Crippen LogP contribution >= 0.6 is 0 Å². The van der Waals surface area contributed by atoms with Crippen molar-refractivity contribution in [2.45, 2.75) is 33.6 Å². The molecule has 0 aliphatic heterocycles. The lowest BCUT2D eigenvalue weighted by atomic mass is 9.79. The molecule has 0 aromatic rings. The summed E-state index contributed by atoms with van der Waals surface area (Å²) in [6.45, 7) is 9.22. The van der Waals surface area contributed by atoms with Crippen molar-refractivity contribution in [3.05, 3.63) is 0 Å². The molecule has 0 saturated carbocycles. The highest BCUT2D eigenvalue weighted by molar-refractivity contribution is 4.77. The molecule has 2 nitrogen and oxygen atoms in total. The molecular weight excluding hydrogens is 160 g/mol. The standard InChI is InChI=1S/C11H26N2/c1-6-11(3,9-13-5)7-10(2)8-12-4/h10,12-13H,6-9H2,1-5H3. The van der Waals surface area contributed by atoms with Crippen LogP contribution in [-0.4, -0.2) is 27.2 Å². The number of hydrogen-bond donors (Lipinski definition) is 2. The first kappa shape index (κ1) is 12.9. The van der Waals surface area contributed by atoms with E-state index in [1.165, 1.54) is 12.8 Å². The largest absolute Gasteiger partial charge is 0.319 e. The van der Waals surface area contributed by atoms with Gasteiger partial charge in [-0.25, -0.2) is 0 Å². The van der Waals surface area contributed by atoms with E-state index in [0.717, 1.165) is 19.0 Å². The van der Waals surface area contributed by atoms with Crippen LogP contribution in [0.4, 0.5) is 0 Å². The van der Waals surface area contributed by atoms with Gasteiger partial charge in [-0.15, -0.1) is 0 Å². The Morgan fingerprint density at radius 2 is 1.85 bits per heavy atom. The number of nitrogens with one attached hydrogen (secondary N) is 2. The summed E-state index contributed by atoms with van der Waals surface area (Å²) < 4.78 is 0. The quantitative estimate of drug-likeness (QED) is 0.634. The van der Waals surface area contributed by atoms with Gasteiger partial charge in [-0.3, -0.25) is 0 Å². The van der Waals surface area contributed by atoms with Crippen molar-refractivity contribution in [1.82, 2.24) is 10.6 Å². The molecule has 0 heterocycles. The van der Waals surface area contributed by atoms with Crippen molar-refractivity contribution in [2.75, 3.05) is 27.2 Å². The van der Waals surface area contributed by atoms with Crippen molar-refractivity contribution in [3.8, 4) is 0 Å². The molecule has 0 aromatic carbocycles. The Morgan fingerprint density at radius 3 is 2.23 bits per heavy atom. The van der Waals surface area contributed by atoms with E-state index >= 15 is 0 Å². The molecule has 0 bridgehead atoms. The highest BCUT2D eigenvalue weighted by Gasteiger charge is 2.23. The molecule has 2 unspecified atom stereocenters. The number of hydrogen-bond acceptors (Lipinski definition) is 2. The maximum atomic E-state index is 3.29. The smallest absolute Gasteiger partial charge is 0.000216 e. The van der Waals surface area contributed by atoms with Gasteiger partial charge in [-0.1, -0.05) is 20.8 Å². The van der Waals surface area contributed by atoms with E-state index in [0.29, 0.717) is 5.41 Å². The van der Waals surface area contributed by atoms with Crippen LogP contribution in [0, 0.1) is 11.3 Å². The first-order valence-electron chi connectivity index (χ1n) is 5.37. The lowest BCUT2D eigenvalue weighted by Gasteiger charge is -2.31. The van der Waals surface area contributed by atoms with Crippen LogP contribution in [0.2, 0.25) is 0 Å². The van der Waals surface area contributed by atoms with E-state index in [1.54, 1.807) is 0 Å². The Hall–Kier alpha value is -0.0800. The minimum Gasteiger partial charge on any atom is -0.319 e. The summed E-state index contributed by atoms with van der Waals surface area (Å²) in [6, 6.07) is 0. The predicted molar refractivity (Wildman–Crippen MR) is 60.0 cm³/mol. The molecule has 2 heteroatoms. The van der Waals surface area contributed by atoms with E-state index in [1.807, 2.05) is 14.1 Å². The molecular formula is C11H26N2. The molecule has 0 saturated heterocycles. The van der Waals surface area contributed by atoms with Crippen molar-refractivity contribution in [1.29, 1.82) is 0 Å². The van der Waals surface area contributed by atoms with Crippen LogP contribution in [0.1, 0.15) is 33.6 Å². The second-order valence-corrected chi connectivity index (χ2v) is 4.56. The van der Waals surface area contributed by atoms with E-state index in [-0.39, 0.29) is 0 Å². The summed E-state index contributed by atoms with van der Waals surface area (Å²) in [5.41, 5.74) is 0.463. The Bertz CT molecular complexity index is 125. The van der Waals surface area contributed by atoms with Crippen LogP contribution in [-0.2, 0) is 0 Å². The molecule has 0 spiro atoms. The zero-order valence-corrected chi connectivity index (χ0v) is 9.91. The van der Waals surface area contributed by atoms with Gasteiger partial charge in [0.25, 0.3) is 0 Å². The van der Waals surface area contributed by atoms with Gasteiger partial charge in [0.15, 0.2) is 0 Å². The summed E-state index contributed by atoms with van der Waals surface area (Å²) in [7, 11) is 4.06. The zero-order valence-electron chi connectivity index (χ0n) is 9.91. The van der Waals surface area contributed by atoms with Gasteiger partial charge < -0.3 is 10.6 Å². The minimum absolute atomic E-state index is 0.463. The maximum Gasteiger partial charge on any atom is 0.000216 e. The van der Waals surface area contributed by atoms with Gasteiger partial charge in [-0.2, -0.15) is 0 Å². The Kier molecular flexibility index (Phi) is 6.35. The Morgan fingerprint density at radius 1 is 1.23 bits per heavy atom. The number of rotatable bonds is 7. The summed E-state index contributed by atoms with van der Waals surface area (Å²) in [4.78, 5) is 0. The summed E-state index contributed by atoms with van der Waals surface area (Å²) in [5.74, 6) is 0.767. The van der Waals surface area contributed by atoms with Gasteiger partial charge in [0, 0.05) is 6.54 Å². The molecule has 0 radical (unpaired) electrons. The molecule has 0 fully saturated rings. The first-order valence-corrected chi connectivity index (χ1v) is 5.37. The van der Waals surface area contributed by atoms with Gasteiger partial charge in [0.2, 0.25) is 0 Å². The minimum atomic E-state index is 0.463. The molecule has 0 aliphatic carbocycles. The molecule has 13 heavy (non-hydrogen) atoms. The third kappa shape index (κ3) is 5.27. The highest BCUT2D eigenvalue weighted by Crippen LogP contribution is 2.28. The lowest BCUT2D eigenvalue weighted by molar-refractivity contribution is 0.231. The van der Waals surface area contributed by atoms with Gasteiger partial charge in [-0.05, 0) is 44.8 Å². The first-order chi connectivity index (χ1) is 6.08. The van der Waals surface area contributed by atoms with Crippen molar-refractivity contribution >= 4 is 0 Å². The summed E-state index contributed by atoms with van der Waals surface area (Å²) >= 11 is 0. The van der Waals surface area contributed by atoms with Crippen LogP contribution in [0.5, 0.6) is 0 Å². The van der Waals surface area contributed by atoms with E-state index < -0.39 is 0 Å². The van der Waals surface area contributed by atoms with Crippen molar-refractivity contribution in [3.63, 3.8) is 0 Å². The summed E-state index contributed by atoms with van der Waals surface area (Å²) in [5, 5.41) is 6.52. The molecule has 2 N–H and O–H groups in total. The van der Waals surface area contributed by atoms with E-state index in [4.69, 9.17) is 0 Å². The van der Waals surface area contributed by atoms with Gasteiger partial charge >= 0.3 is 0 Å². The fourth-order valence-corrected chi connectivity index (χ4v) is 2.03. The van der Waals surface area contributed by atoms with Crippen molar-refractivity contribution < 1.29 is 0 Å². The normalized spacial score (nSPS) is 18.2. The average Bonchev–Trinajstić information content (AvgIpc) is 2.05. The van der Waals surface area contributed by atoms with E-state index in [9.17, 15) is 0 Å². The molecule has 0 aliphatic rings.